The maximum absolute atomic E-state index is 10.8. The molecule has 1 rings (SSSR count). The molecular weight excluding hydrogens is 236 g/mol. The number of carbonyl (C=O) groups is 1. The molecule has 0 radical (unpaired) electrons. The molecule has 0 aliphatic carbocycles. The fourth-order valence-electron chi connectivity index (χ4n) is 1.49. The lowest BCUT2D eigenvalue weighted by atomic mass is 10.2. The van der Waals surface area contributed by atoms with E-state index in [0.717, 1.165) is 17.9 Å². The summed E-state index contributed by atoms with van der Waals surface area (Å²) in [5.41, 5.74) is 0.984. The normalized spacial score (nSPS) is 12.2. The van der Waals surface area contributed by atoms with Gasteiger partial charge in [0.05, 0.1) is 0 Å². The molecule has 0 aliphatic rings. The molecule has 94 valence electrons. The van der Waals surface area contributed by atoms with Crippen molar-refractivity contribution < 1.29 is 9.90 Å². The average molecular weight is 254 g/mol. The Morgan fingerprint density at radius 2 is 2.35 bits per heavy atom. The molecule has 0 aromatic carbocycles. The SMILES string of the molecule is CSCCC(C)N(C)c1ccnc(C(=O)O)c1. The molecule has 0 aliphatic heterocycles. The summed E-state index contributed by atoms with van der Waals surface area (Å²) in [6.07, 6.45) is 4.70. The third-order valence-electron chi connectivity index (χ3n) is 2.77. The summed E-state index contributed by atoms with van der Waals surface area (Å²) in [6, 6.07) is 3.83. The van der Waals surface area contributed by atoms with Crippen LogP contribution in [0, 0.1) is 0 Å². The predicted molar refractivity (Wildman–Crippen MR) is 72.1 cm³/mol. The van der Waals surface area contributed by atoms with E-state index in [9.17, 15) is 4.79 Å². The minimum absolute atomic E-state index is 0.0893. The molecule has 0 fully saturated rings. The van der Waals surface area contributed by atoms with Crippen LogP contribution in [0.4, 0.5) is 5.69 Å². The van der Waals surface area contributed by atoms with Gasteiger partial charge in [0.25, 0.3) is 0 Å². The maximum Gasteiger partial charge on any atom is 0.354 e. The molecule has 1 N–H and O–H groups in total. The molecule has 1 atom stereocenters. The summed E-state index contributed by atoms with van der Waals surface area (Å²) >= 11 is 1.82. The summed E-state index contributed by atoms with van der Waals surface area (Å²) in [5, 5.41) is 8.89. The van der Waals surface area contributed by atoms with Crippen molar-refractivity contribution in [3.8, 4) is 0 Å². The Bertz CT molecular complexity index is 385. The van der Waals surface area contributed by atoms with Crippen molar-refractivity contribution in [2.45, 2.75) is 19.4 Å². The molecule has 0 spiro atoms. The Morgan fingerprint density at radius 1 is 1.65 bits per heavy atom. The van der Waals surface area contributed by atoms with Crippen molar-refractivity contribution in [3.63, 3.8) is 0 Å². The summed E-state index contributed by atoms with van der Waals surface area (Å²) in [5.74, 6) is 0.111. The van der Waals surface area contributed by atoms with E-state index in [1.54, 1.807) is 6.07 Å². The van der Waals surface area contributed by atoms with Crippen molar-refractivity contribution in [2.24, 2.45) is 0 Å². The molecule has 0 saturated heterocycles. The highest BCUT2D eigenvalue weighted by Gasteiger charge is 2.12. The van der Waals surface area contributed by atoms with Crippen LogP contribution in [0.3, 0.4) is 0 Å². The van der Waals surface area contributed by atoms with Crippen LogP contribution in [-0.4, -0.2) is 41.2 Å². The number of hydrogen-bond acceptors (Lipinski definition) is 4. The first-order valence-corrected chi connectivity index (χ1v) is 6.86. The molecule has 0 saturated carbocycles. The number of anilines is 1. The lowest BCUT2D eigenvalue weighted by Gasteiger charge is -2.26. The second-order valence-electron chi connectivity index (χ2n) is 3.95. The number of nitrogens with zero attached hydrogens (tertiary/aromatic N) is 2. The van der Waals surface area contributed by atoms with Crippen LogP contribution in [0.2, 0.25) is 0 Å². The third-order valence-corrected chi connectivity index (χ3v) is 3.41. The Labute approximate surface area is 106 Å². The van der Waals surface area contributed by atoms with Gasteiger partial charge in [0.1, 0.15) is 5.69 Å². The zero-order chi connectivity index (χ0) is 12.8. The number of carboxylic acids is 1. The molecule has 17 heavy (non-hydrogen) atoms. The van der Waals surface area contributed by atoms with Gasteiger partial charge < -0.3 is 10.0 Å². The Balaban J connectivity index is 2.77. The smallest absolute Gasteiger partial charge is 0.354 e. The molecule has 1 heterocycles. The van der Waals surface area contributed by atoms with Gasteiger partial charge in [-0.2, -0.15) is 11.8 Å². The first-order chi connectivity index (χ1) is 8.06. The highest BCUT2D eigenvalue weighted by atomic mass is 32.2. The van der Waals surface area contributed by atoms with E-state index < -0.39 is 5.97 Å². The minimum Gasteiger partial charge on any atom is -0.477 e. The van der Waals surface area contributed by atoms with Crippen LogP contribution in [-0.2, 0) is 0 Å². The Morgan fingerprint density at radius 3 is 2.94 bits per heavy atom. The second kappa shape index (κ2) is 6.49. The lowest BCUT2D eigenvalue weighted by molar-refractivity contribution is 0.0690. The summed E-state index contributed by atoms with van der Waals surface area (Å²) < 4.78 is 0. The zero-order valence-electron chi connectivity index (χ0n) is 10.4. The van der Waals surface area contributed by atoms with Crippen molar-refractivity contribution in [1.82, 2.24) is 4.98 Å². The number of hydrogen-bond donors (Lipinski definition) is 1. The van der Waals surface area contributed by atoms with Crippen LogP contribution in [0.5, 0.6) is 0 Å². The largest absolute Gasteiger partial charge is 0.477 e. The third kappa shape index (κ3) is 3.93. The molecule has 1 unspecified atom stereocenters. The number of aromatic carboxylic acids is 1. The van der Waals surface area contributed by atoms with E-state index in [1.807, 2.05) is 24.9 Å². The van der Waals surface area contributed by atoms with Crippen LogP contribution in [0.15, 0.2) is 18.3 Å². The van der Waals surface area contributed by atoms with E-state index in [4.69, 9.17) is 5.11 Å². The molecule has 4 nitrogen and oxygen atoms in total. The first kappa shape index (κ1) is 13.8. The zero-order valence-corrected chi connectivity index (χ0v) is 11.2. The number of aromatic nitrogens is 1. The highest BCUT2D eigenvalue weighted by Crippen LogP contribution is 2.17. The standard InChI is InChI=1S/C12H18N2O2S/c1-9(5-7-17-3)14(2)10-4-6-13-11(8-10)12(15)16/h4,6,8-9H,5,7H2,1-3H3,(H,15,16). The summed E-state index contributed by atoms with van der Waals surface area (Å²) in [4.78, 5) is 16.7. The first-order valence-electron chi connectivity index (χ1n) is 5.47. The van der Waals surface area contributed by atoms with Gasteiger partial charge in [0, 0.05) is 25.0 Å². The van der Waals surface area contributed by atoms with E-state index in [2.05, 4.69) is 23.1 Å². The molecule has 5 heteroatoms. The van der Waals surface area contributed by atoms with Gasteiger partial charge in [-0.3, -0.25) is 0 Å². The van der Waals surface area contributed by atoms with E-state index in [1.165, 1.54) is 6.20 Å². The number of carboxylic acid groups (broad SMARTS) is 1. The second-order valence-corrected chi connectivity index (χ2v) is 4.93. The van der Waals surface area contributed by atoms with Crippen LogP contribution in [0.25, 0.3) is 0 Å². The van der Waals surface area contributed by atoms with Crippen LogP contribution >= 0.6 is 11.8 Å². The monoisotopic (exact) mass is 254 g/mol. The van der Waals surface area contributed by atoms with Crippen molar-refractivity contribution in [3.05, 3.63) is 24.0 Å². The van der Waals surface area contributed by atoms with Gasteiger partial charge in [-0.25, -0.2) is 9.78 Å². The molecule has 0 bridgehead atoms. The maximum atomic E-state index is 10.8. The van der Waals surface area contributed by atoms with Crippen molar-refractivity contribution in [2.75, 3.05) is 24.0 Å². The van der Waals surface area contributed by atoms with Crippen molar-refractivity contribution >= 4 is 23.4 Å². The van der Waals surface area contributed by atoms with E-state index in [0.29, 0.717) is 6.04 Å². The fourth-order valence-corrected chi connectivity index (χ4v) is 2.07. The molecular formula is C12H18N2O2S. The summed E-state index contributed by atoms with van der Waals surface area (Å²) in [6.45, 7) is 2.14. The minimum atomic E-state index is -0.989. The number of thioether (sulfide) groups is 1. The van der Waals surface area contributed by atoms with Crippen LogP contribution in [0.1, 0.15) is 23.8 Å². The van der Waals surface area contributed by atoms with E-state index in [-0.39, 0.29) is 5.69 Å². The van der Waals surface area contributed by atoms with Gasteiger partial charge in [0.2, 0.25) is 0 Å². The topological polar surface area (TPSA) is 53.4 Å². The predicted octanol–water partition coefficient (Wildman–Crippen LogP) is 2.36. The molecule has 0 amide bonds. The van der Waals surface area contributed by atoms with Crippen molar-refractivity contribution in [1.29, 1.82) is 0 Å². The molecule has 1 aromatic rings. The number of pyridine rings is 1. The Hall–Kier alpha value is -1.23. The number of rotatable bonds is 6. The van der Waals surface area contributed by atoms with Gasteiger partial charge in [-0.15, -0.1) is 0 Å². The van der Waals surface area contributed by atoms with Gasteiger partial charge in [-0.05, 0) is 37.5 Å². The lowest BCUT2D eigenvalue weighted by Crippen LogP contribution is -2.29. The molecule has 1 aromatic heterocycles. The summed E-state index contributed by atoms with van der Waals surface area (Å²) in [7, 11) is 1.98. The van der Waals surface area contributed by atoms with Crippen LogP contribution < -0.4 is 4.90 Å². The highest BCUT2D eigenvalue weighted by molar-refractivity contribution is 7.98. The quantitative estimate of drug-likeness (QED) is 0.844. The van der Waals surface area contributed by atoms with Gasteiger partial charge in [-0.1, -0.05) is 0 Å². The Kier molecular flexibility index (Phi) is 5.28. The van der Waals surface area contributed by atoms with Gasteiger partial charge in [0.15, 0.2) is 0 Å². The average Bonchev–Trinajstić information content (AvgIpc) is 2.35. The van der Waals surface area contributed by atoms with E-state index >= 15 is 0 Å². The van der Waals surface area contributed by atoms with Gasteiger partial charge >= 0.3 is 5.97 Å². The fraction of sp³-hybridized carbons (Fsp3) is 0.500.